The van der Waals surface area contributed by atoms with Gasteiger partial charge in [-0.25, -0.2) is 4.79 Å². The van der Waals surface area contributed by atoms with Crippen LogP contribution in [-0.2, 0) is 6.42 Å². The summed E-state index contributed by atoms with van der Waals surface area (Å²) >= 11 is 0. The van der Waals surface area contributed by atoms with Crippen LogP contribution in [0, 0.1) is 0 Å². The molecule has 1 saturated heterocycles. The van der Waals surface area contributed by atoms with Crippen molar-refractivity contribution in [1.82, 2.24) is 5.32 Å². The number of benzene rings is 1. The standard InChI is InChI=1S/C11H12N2O/c14-11-12-7-9-6-5-8-3-1-2-4-10(8)13(9)11/h1-4,9H,5-7H2,(H,12,14). The molecule has 3 nitrogen and oxygen atoms in total. The number of urea groups is 1. The van der Waals surface area contributed by atoms with Crippen molar-refractivity contribution in [3.8, 4) is 0 Å². The van der Waals surface area contributed by atoms with E-state index >= 15 is 0 Å². The van der Waals surface area contributed by atoms with Crippen LogP contribution in [0.25, 0.3) is 0 Å². The molecule has 2 heterocycles. The number of para-hydroxylation sites is 1. The van der Waals surface area contributed by atoms with Crippen molar-refractivity contribution in [3.63, 3.8) is 0 Å². The number of amides is 2. The van der Waals surface area contributed by atoms with Gasteiger partial charge in [0.2, 0.25) is 0 Å². The molecule has 2 aliphatic rings. The molecule has 2 amide bonds. The molecule has 1 atom stereocenters. The summed E-state index contributed by atoms with van der Waals surface area (Å²) in [4.78, 5) is 13.5. The van der Waals surface area contributed by atoms with Gasteiger partial charge in [0.15, 0.2) is 0 Å². The van der Waals surface area contributed by atoms with Gasteiger partial charge in [0.25, 0.3) is 0 Å². The number of aryl methyl sites for hydroxylation is 1. The third-order valence-electron chi connectivity index (χ3n) is 3.07. The summed E-state index contributed by atoms with van der Waals surface area (Å²) in [7, 11) is 0. The van der Waals surface area contributed by atoms with Crippen LogP contribution in [-0.4, -0.2) is 18.6 Å². The van der Waals surface area contributed by atoms with E-state index in [0.29, 0.717) is 6.04 Å². The largest absolute Gasteiger partial charge is 0.336 e. The number of rotatable bonds is 0. The van der Waals surface area contributed by atoms with Crippen LogP contribution in [0.1, 0.15) is 12.0 Å². The van der Waals surface area contributed by atoms with Crippen molar-refractivity contribution in [2.45, 2.75) is 18.9 Å². The Hall–Kier alpha value is -1.51. The average molecular weight is 188 g/mol. The Balaban J connectivity index is 2.11. The quantitative estimate of drug-likeness (QED) is 0.658. The smallest absolute Gasteiger partial charge is 0.322 e. The minimum atomic E-state index is 0.0575. The van der Waals surface area contributed by atoms with Crippen molar-refractivity contribution in [3.05, 3.63) is 29.8 Å². The van der Waals surface area contributed by atoms with Gasteiger partial charge in [0.1, 0.15) is 0 Å². The van der Waals surface area contributed by atoms with E-state index in [0.717, 1.165) is 25.1 Å². The molecule has 0 bridgehead atoms. The first-order chi connectivity index (χ1) is 6.86. The molecule has 1 fully saturated rings. The van der Waals surface area contributed by atoms with Gasteiger partial charge in [-0.2, -0.15) is 0 Å². The van der Waals surface area contributed by atoms with Crippen molar-refractivity contribution >= 4 is 11.7 Å². The van der Waals surface area contributed by atoms with Gasteiger partial charge in [0, 0.05) is 12.2 Å². The summed E-state index contributed by atoms with van der Waals surface area (Å²) in [6.45, 7) is 0.799. The fraction of sp³-hybridized carbons (Fsp3) is 0.364. The van der Waals surface area contributed by atoms with E-state index in [2.05, 4.69) is 11.4 Å². The van der Waals surface area contributed by atoms with E-state index in [1.807, 2.05) is 23.1 Å². The first kappa shape index (κ1) is 7.85. The highest BCUT2D eigenvalue weighted by molar-refractivity contribution is 5.96. The molecular weight excluding hydrogens is 176 g/mol. The molecule has 2 aliphatic heterocycles. The topological polar surface area (TPSA) is 32.3 Å². The van der Waals surface area contributed by atoms with Crippen molar-refractivity contribution < 1.29 is 4.79 Å². The molecule has 1 aromatic carbocycles. The molecule has 0 radical (unpaired) electrons. The van der Waals surface area contributed by atoms with Crippen LogP contribution in [0.15, 0.2) is 24.3 Å². The number of nitrogens with one attached hydrogen (secondary N) is 1. The predicted octanol–water partition coefficient (Wildman–Crippen LogP) is 1.53. The van der Waals surface area contributed by atoms with E-state index in [1.165, 1.54) is 5.56 Å². The Labute approximate surface area is 82.7 Å². The van der Waals surface area contributed by atoms with Gasteiger partial charge in [0.05, 0.1) is 6.04 Å². The summed E-state index contributed by atoms with van der Waals surface area (Å²) in [5.74, 6) is 0. The Morgan fingerprint density at radius 3 is 3.14 bits per heavy atom. The van der Waals surface area contributed by atoms with Gasteiger partial charge in [-0.05, 0) is 24.5 Å². The first-order valence-corrected chi connectivity index (χ1v) is 5.01. The predicted molar refractivity (Wildman–Crippen MR) is 54.4 cm³/mol. The Morgan fingerprint density at radius 2 is 2.21 bits per heavy atom. The maximum Gasteiger partial charge on any atom is 0.322 e. The number of nitrogens with zero attached hydrogens (tertiary/aromatic N) is 1. The maximum atomic E-state index is 11.6. The van der Waals surface area contributed by atoms with E-state index in [-0.39, 0.29) is 6.03 Å². The zero-order valence-electron chi connectivity index (χ0n) is 7.86. The highest BCUT2D eigenvalue weighted by atomic mass is 16.2. The lowest BCUT2D eigenvalue weighted by molar-refractivity contribution is 0.251. The molecule has 1 unspecified atom stereocenters. The summed E-state index contributed by atoms with van der Waals surface area (Å²) in [6, 6.07) is 8.60. The molecule has 3 heteroatoms. The fourth-order valence-electron chi connectivity index (χ4n) is 2.36. The van der Waals surface area contributed by atoms with Crippen molar-refractivity contribution in [2.24, 2.45) is 0 Å². The van der Waals surface area contributed by atoms with Crippen LogP contribution in [0.5, 0.6) is 0 Å². The van der Waals surface area contributed by atoms with E-state index in [9.17, 15) is 4.79 Å². The summed E-state index contributed by atoms with van der Waals surface area (Å²) in [6.07, 6.45) is 2.17. The summed E-state index contributed by atoms with van der Waals surface area (Å²) in [5.41, 5.74) is 2.39. The van der Waals surface area contributed by atoms with Crippen LogP contribution < -0.4 is 10.2 Å². The number of carbonyl (C=O) groups is 1. The molecule has 0 aromatic heterocycles. The SMILES string of the molecule is O=C1NCC2CCc3ccccc3N12. The second-order valence-corrected chi connectivity index (χ2v) is 3.88. The van der Waals surface area contributed by atoms with Crippen LogP contribution in [0.2, 0.25) is 0 Å². The second kappa shape index (κ2) is 2.74. The van der Waals surface area contributed by atoms with Crippen LogP contribution >= 0.6 is 0 Å². The molecule has 0 spiro atoms. The third-order valence-corrected chi connectivity index (χ3v) is 3.07. The normalized spacial score (nSPS) is 24.1. The van der Waals surface area contributed by atoms with Gasteiger partial charge in [-0.1, -0.05) is 18.2 Å². The van der Waals surface area contributed by atoms with Crippen molar-refractivity contribution in [1.29, 1.82) is 0 Å². The minimum absolute atomic E-state index is 0.0575. The molecule has 1 N–H and O–H groups in total. The highest BCUT2D eigenvalue weighted by Gasteiger charge is 2.35. The average Bonchev–Trinajstić information content (AvgIpc) is 2.61. The molecule has 72 valence electrons. The maximum absolute atomic E-state index is 11.6. The van der Waals surface area contributed by atoms with Crippen LogP contribution in [0.3, 0.4) is 0 Å². The van der Waals surface area contributed by atoms with E-state index in [4.69, 9.17) is 0 Å². The zero-order valence-corrected chi connectivity index (χ0v) is 7.86. The number of hydrogen-bond donors (Lipinski definition) is 1. The van der Waals surface area contributed by atoms with Crippen LogP contribution in [0.4, 0.5) is 10.5 Å². The van der Waals surface area contributed by atoms with Gasteiger partial charge >= 0.3 is 6.03 Å². The second-order valence-electron chi connectivity index (χ2n) is 3.88. The third kappa shape index (κ3) is 0.953. The zero-order chi connectivity index (χ0) is 9.54. The van der Waals surface area contributed by atoms with Gasteiger partial charge < -0.3 is 5.32 Å². The van der Waals surface area contributed by atoms with E-state index < -0.39 is 0 Å². The fourth-order valence-corrected chi connectivity index (χ4v) is 2.36. The Kier molecular flexibility index (Phi) is 1.54. The monoisotopic (exact) mass is 188 g/mol. The Morgan fingerprint density at radius 1 is 1.36 bits per heavy atom. The van der Waals surface area contributed by atoms with Gasteiger partial charge in [-0.3, -0.25) is 4.90 Å². The highest BCUT2D eigenvalue weighted by Crippen LogP contribution is 2.32. The number of carbonyl (C=O) groups excluding carboxylic acids is 1. The number of hydrogen-bond acceptors (Lipinski definition) is 1. The molecule has 1 aromatic rings. The molecule has 0 saturated carbocycles. The first-order valence-electron chi connectivity index (χ1n) is 5.01. The summed E-state index contributed by atoms with van der Waals surface area (Å²) < 4.78 is 0. The molecular formula is C11H12N2O. The molecule has 0 aliphatic carbocycles. The lowest BCUT2D eigenvalue weighted by atomic mass is 9.97. The molecule has 3 rings (SSSR count). The summed E-state index contributed by atoms with van der Waals surface area (Å²) in [5, 5.41) is 2.89. The Bertz CT molecular complexity index is 389. The lowest BCUT2D eigenvalue weighted by Crippen LogP contribution is -2.37. The number of anilines is 1. The number of fused-ring (bicyclic) bond motifs is 3. The molecule has 14 heavy (non-hydrogen) atoms. The van der Waals surface area contributed by atoms with Crippen molar-refractivity contribution in [2.75, 3.05) is 11.4 Å². The minimum Gasteiger partial charge on any atom is -0.336 e. The van der Waals surface area contributed by atoms with Gasteiger partial charge in [-0.15, -0.1) is 0 Å². The lowest BCUT2D eigenvalue weighted by Gasteiger charge is -2.30. The van der Waals surface area contributed by atoms with E-state index in [1.54, 1.807) is 0 Å².